The molecule has 0 aromatic heterocycles. The van der Waals surface area contributed by atoms with Crippen LogP contribution in [-0.4, -0.2) is 43.9 Å². The Bertz CT molecular complexity index is 176. The Morgan fingerprint density at radius 3 is 2.73 bits per heavy atom. The molecule has 0 heterocycles. The number of hydrogen-bond donors (Lipinski definition) is 1. The SMILES string of the molecule is CCC(C)CN(C)C(=S)NCCCOC. The first-order valence-corrected chi connectivity index (χ1v) is 6.00. The molecule has 0 fully saturated rings. The van der Waals surface area contributed by atoms with E-state index in [0.29, 0.717) is 5.92 Å². The van der Waals surface area contributed by atoms with Gasteiger partial charge in [0.25, 0.3) is 0 Å². The summed E-state index contributed by atoms with van der Waals surface area (Å²) in [5, 5.41) is 4.06. The molecule has 0 aromatic carbocycles. The van der Waals surface area contributed by atoms with Gasteiger partial charge in [0.05, 0.1) is 0 Å². The third-order valence-electron chi connectivity index (χ3n) is 2.43. The van der Waals surface area contributed by atoms with Crippen LogP contribution in [0.3, 0.4) is 0 Å². The van der Waals surface area contributed by atoms with E-state index in [-0.39, 0.29) is 0 Å². The van der Waals surface area contributed by atoms with Crippen molar-refractivity contribution in [3.63, 3.8) is 0 Å². The van der Waals surface area contributed by atoms with Crippen molar-refractivity contribution >= 4 is 17.3 Å². The summed E-state index contributed by atoms with van der Waals surface area (Å²) in [5.74, 6) is 0.689. The number of rotatable bonds is 7. The van der Waals surface area contributed by atoms with Crippen molar-refractivity contribution in [1.29, 1.82) is 0 Å². The minimum atomic E-state index is 0.689. The molecule has 1 atom stereocenters. The lowest BCUT2D eigenvalue weighted by molar-refractivity contribution is 0.195. The summed E-state index contributed by atoms with van der Waals surface area (Å²) in [6.45, 7) is 7.13. The van der Waals surface area contributed by atoms with Gasteiger partial charge >= 0.3 is 0 Å². The summed E-state index contributed by atoms with van der Waals surface area (Å²) < 4.78 is 4.97. The van der Waals surface area contributed by atoms with Crippen molar-refractivity contribution in [1.82, 2.24) is 10.2 Å². The molecule has 0 saturated heterocycles. The average molecular weight is 232 g/mol. The van der Waals surface area contributed by atoms with Crippen LogP contribution in [0, 0.1) is 5.92 Å². The van der Waals surface area contributed by atoms with Crippen molar-refractivity contribution in [3.8, 4) is 0 Å². The van der Waals surface area contributed by atoms with E-state index < -0.39 is 0 Å². The molecule has 0 aliphatic heterocycles. The molecule has 0 aromatic rings. The van der Waals surface area contributed by atoms with Gasteiger partial charge in [0.15, 0.2) is 5.11 Å². The maximum atomic E-state index is 5.27. The first-order valence-electron chi connectivity index (χ1n) is 5.59. The largest absolute Gasteiger partial charge is 0.385 e. The summed E-state index contributed by atoms with van der Waals surface area (Å²) in [7, 11) is 3.76. The van der Waals surface area contributed by atoms with Gasteiger partial charge in [-0.2, -0.15) is 0 Å². The highest BCUT2D eigenvalue weighted by Crippen LogP contribution is 2.02. The van der Waals surface area contributed by atoms with Gasteiger partial charge in [-0.1, -0.05) is 20.3 Å². The zero-order valence-corrected chi connectivity index (χ0v) is 11.2. The second kappa shape index (κ2) is 8.92. The third kappa shape index (κ3) is 7.56. The second-order valence-corrected chi connectivity index (χ2v) is 4.36. The van der Waals surface area contributed by atoms with Crippen molar-refractivity contribution in [3.05, 3.63) is 0 Å². The van der Waals surface area contributed by atoms with E-state index in [9.17, 15) is 0 Å². The molecular formula is C11H24N2OS. The topological polar surface area (TPSA) is 24.5 Å². The zero-order valence-electron chi connectivity index (χ0n) is 10.4. The smallest absolute Gasteiger partial charge is 0.168 e. The Kier molecular flexibility index (Phi) is 8.71. The molecule has 3 nitrogen and oxygen atoms in total. The fraction of sp³-hybridized carbons (Fsp3) is 0.909. The predicted molar refractivity (Wildman–Crippen MR) is 69.2 cm³/mol. The van der Waals surface area contributed by atoms with Gasteiger partial charge in [-0.25, -0.2) is 0 Å². The van der Waals surface area contributed by atoms with E-state index in [4.69, 9.17) is 17.0 Å². The van der Waals surface area contributed by atoms with Gasteiger partial charge in [0.1, 0.15) is 0 Å². The number of nitrogens with zero attached hydrogens (tertiary/aromatic N) is 1. The van der Waals surface area contributed by atoms with Crippen LogP contribution >= 0.6 is 12.2 Å². The van der Waals surface area contributed by atoms with Crippen LogP contribution in [0.2, 0.25) is 0 Å². The standard InChI is InChI=1S/C11H24N2OS/c1-5-10(2)9-13(3)11(15)12-7-6-8-14-4/h10H,5-9H2,1-4H3,(H,12,15). The molecule has 0 spiro atoms. The van der Waals surface area contributed by atoms with Gasteiger partial charge in [-0.3, -0.25) is 0 Å². The lowest BCUT2D eigenvalue weighted by atomic mass is 10.1. The summed E-state index contributed by atoms with van der Waals surface area (Å²) in [4.78, 5) is 2.11. The number of hydrogen-bond acceptors (Lipinski definition) is 2. The lowest BCUT2D eigenvalue weighted by Crippen LogP contribution is -2.39. The summed E-state index contributed by atoms with van der Waals surface area (Å²) >= 11 is 5.27. The molecule has 1 N–H and O–H groups in total. The maximum absolute atomic E-state index is 5.27. The maximum Gasteiger partial charge on any atom is 0.168 e. The molecule has 0 radical (unpaired) electrons. The first-order chi connectivity index (χ1) is 7.11. The summed E-state index contributed by atoms with van der Waals surface area (Å²) in [6, 6.07) is 0. The molecule has 0 aliphatic carbocycles. The minimum Gasteiger partial charge on any atom is -0.385 e. The van der Waals surface area contributed by atoms with E-state index >= 15 is 0 Å². The van der Waals surface area contributed by atoms with Gasteiger partial charge in [0, 0.05) is 33.9 Å². The number of thiocarbonyl (C=S) groups is 1. The Morgan fingerprint density at radius 1 is 1.53 bits per heavy atom. The monoisotopic (exact) mass is 232 g/mol. The van der Waals surface area contributed by atoms with Crippen LogP contribution in [0.25, 0.3) is 0 Å². The molecule has 0 aliphatic rings. The van der Waals surface area contributed by atoms with E-state index in [2.05, 4.69) is 24.1 Å². The van der Waals surface area contributed by atoms with Crippen LogP contribution < -0.4 is 5.32 Å². The molecule has 0 rings (SSSR count). The lowest BCUT2D eigenvalue weighted by Gasteiger charge is -2.23. The normalized spacial score (nSPS) is 12.3. The van der Waals surface area contributed by atoms with Crippen molar-refractivity contribution in [2.24, 2.45) is 5.92 Å². The van der Waals surface area contributed by atoms with Gasteiger partial charge in [-0.15, -0.1) is 0 Å². The Labute approximate surface area is 99.2 Å². The number of nitrogens with one attached hydrogen (secondary N) is 1. The highest BCUT2D eigenvalue weighted by atomic mass is 32.1. The molecule has 90 valence electrons. The van der Waals surface area contributed by atoms with Gasteiger partial charge in [-0.05, 0) is 24.6 Å². The average Bonchev–Trinajstić information content (AvgIpc) is 2.23. The Balaban J connectivity index is 3.60. The number of methoxy groups -OCH3 is 1. The van der Waals surface area contributed by atoms with Gasteiger partial charge in [0.2, 0.25) is 0 Å². The third-order valence-corrected chi connectivity index (χ3v) is 2.89. The van der Waals surface area contributed by atoms with Crippen LogP contribution in [0.5, 0.6) is 0 Å². The van der Waals surface area contributed by atoms with Crippen LogP contribution in [0.4, 0.5) is 0 Å². The van der Waals surface area contributed by atoms with E-state index in [1.54, 1.807) is 7.11 Å². The van der Waals surface area contributed by atoms with Gasteiger partial charge < -0.3 is 15.0 Å². The van der Waals surface area contributed by atoms with Crippen LogP contribution in [-0.2, 0) is 4.74 Å². The highest BCUT2D eigenvalue weighted by molar-refractivity contribution is 7.80. The fourth-order valence-electron chi connectivity index (χ4n) is 1.23. The summed E-state index contributed by atoms with van der Waals surface area (Å²) in [5.41, 5.74) is 0. The quantitative estimate of drug-likeness (QED) is 0.535. The minimum absolute atomic E-state index is 0.689. The van der Waals surface area contributed by atoms with Crippen LogP contribution in [0.15, 0.2) is 0 Å². The molecule has 0 bridgehead atoms. The first kappa shape index (κ1) is 14.6. The molecular weight excluding hydrogens is 208 g/mol. The van der Waals surface area contributed by atoms with Crippen molar-refractivity contribution < 1.29 is 4.74 Å². The number of ether oxygens (including phenoxy) is 1. The molecule has 15 heavy (non-hydrogen) atoms. The predicted octanol–water partition coefficient (Wildman–Crippen LogP) is 1.88. The van der Waals surface area contributed by atoms with E-state index in [1.807, 2.05) is 7.05 Å². The highest BCUT2D eigenvalue weighted by Gasteiger charge is 2.06. The van der Waals surface area contributed by atoms with Crippen molar-refractivity contribution in [2.75, 3.05) is 33.9 Å². The Hall–Kier alpha value is -0.350. The molecule has 1 unspecified atom stereocenters. The van der Waals surface area contributed by atoms with Crippen molar-refractivity contribution in [2.45, 2.75) is 26.7 Å². The molecule has 0 amide bonds. The van der Waals surface area contributed by atoms with E-state index in [1.165, 1.54) is 6.42 Å². The second-order valence-electron chi connectivity index (χ2n) is 3.97. The van der Waals surface area contributed by atoms with E-state index in [0.717, 1.165) is 31.2 Å². The summed E-state index contributed by atoms with van der Waals surface area (Å²) in [6.07, 6.45) is 2.18. The Morgan fingerprint density at radius 2 is 2.20 bits per heavy atom. The zero-order chi connectivity index (χ0) is 11.7. The molecule has 4 heteroatoms. The molecule has 0 saturated carbocycles. The fourth-order valence-corrected chi connectivity index (χ4v) is 1.40. The van der Waals surface area contributed by atoms with Crippen LogP contribution in [0.1, 0.15) is 26.7 Å².